The average molecular weight is 483 g/mol. The zero-order valence-corrected chi connectivity index (χ0v) is 17.8. The Bertz CT molecular complexity index is 1100. The van der Waals surface area contributed by atoms with E-state index >= 15 is 0 Å². The zero-order chi connectivity index (χ0) is 20.5. The first-order valence-corrected chi connectivity index (χ1v) is 11.1. The fraction of sp³-hybridized carbons (Fsp3) is 0.111. The van der Waals surface area contributed by atoms with Crippen LogP contribution in [0, 0.1) is 0 Å². The molecule has 0 bridgehead atoms. The number of amidine groups is 1. The zero-order valence-electron chi connectivity index (χ0n) is 14.5. The number of benzene rings is 2. The average Bonchev–Trinajstić information content (AvgIpc) is 2.91. The minimum atomic E-state index is -3.99. The summed E-state index contributed by atoms with van der Waals surface area (Å²) in [6.45, 7) is 1.95. The monoisotopic (exact) mass is 482 g/mol. The fourth-order valence-corrected chi connectivity index (χ4v) is 4.91. The third-order valence-electron chi connectivity index (χ3n) is 3.81. The van der Waals surface area contributed by atoms with Gasteiger partial charge < -0.3 is 10.2 Å². The Morgan fingerprint density at radius 2 is 1.86 bits per heavy atom. The van der Waals surface area contributed by atoms with E-state index in [-0.39, 0.29) is 33.0 Å². The van der Waals surface area contributed by atoms with Crippen molar-refractivity contribution < 1.29 is 23.4 Å². The number of likely N-dealkylation sites (N-methyl/N-ethyl adjacent to an activating group) is 1. The number of halogens is 1. The number of hydrogen-bond donors (Lipinski definition) is 2. The maximum Gasteiger partial charge on any atom is 0.284 e. The Morgan fingerprint density at radius 3 is 2.46 bits per heavy atom. The molecule has 28 heavy (non-hydrogen) atoms. The summed E-state index contributed by atoms with van der Waals surface area (Å²) in [4.78, 5) is 14.1. The first-order chi connectivity index (χ1) is 13.2. The summed E-state index contributed by atoms with van der Waals surface area (Å²) in [5.41, 5.74) is 0.321. The highest BCUT2D eigenvalue weighted by Crippen LogP contribution is 2.35. The molecule has 1 saturated heterocycles. The van der Waals surface area contributed by atoms with Crippen molar-refractivity contribution in [2.24, 2.45) is 4.40 Å². The number of carbonyl (C=O) groups excluding carboxylic acids is 1. The van der Waals surface area contributed by atoms with Gasteiger partial charge in [0.2, 0.25) is 0 Å². The van der Waals surface area contributed by atoms with E-state index in [0.29, 0.717) is 5.56 Å². The molecule has 10 heteroatoms. The van der Waals surface area contributed by atoms with E-state index in [1.165, 1.54) is 35.2 Å². The van der Waals surface area contributed by atoms with Gasteiger partial charge in [-0.1, -0.05) is 15.9 Å². The fourth-order valence-electron chi connectivity index (χ4n) is 2.41. The van der Waals surface area contributed by atoms with Gasteiger partial charge in [-0.15, -0.1) is 4.40 Å². The number of carbonyl (C=O) groups is 1. The summed E-state index contributed by atoms with van der Waals surface area (Å²) in [7, 11) is -3.99. The minimum Gasteiger partial charge on any atom is -0.508 e. The van der Waals surface area contributed by atoms with Gasteiger partial charge in [0.05, 0.1) is 9.80 Å². The number of amides is 1. The van der Waals surface area contributed by atoms with Crippen LogP contribution in [0.2, 0.25) is 0 Å². The van der Waals surface area contributed by atoms with Gasteiger partial charge in [-0.05, 0) is 61.2 Å². The van der Waals surface area contributed by atoms with Crippen molar-refractivity contribution in [2.45, 2.75) is 11.8 Å². The third kappa shape index (κ3) is 4.23. The maximum atomic E-state index is 12.6. The van der Waals surface area contributed by atoms with Crippen LogP contribution >= 0.6 is 27.7 Å². The predicted molar refractivity (Wildman–Crippen MR) is 111 cm³/mol. The smallest absolute Gasteiger partial charge is 0.284 e. The molecule has 146 valence electrons. The molecule has 7 nitrogen and oxygen atoms in total. The van der Waals surface area contributed by atoms with Gasteiger partial charge >= 0.3 is 0 Å². The van der Waals surface area contributed by atoms with Crippen molar-refractivity contribution in [2.75, 3.05) is 6.54 Å². The normalized spacial score (nSPS) is 17.6. The highest BCUT2D eigenvalue weighted by Gasteiger charge is 2.34. The quantitative estimate of drug-likeness (QED) is 0.645. The first-order valence-electron chi connectivity index (χ1n) is 8.05. The van der Waals surface area contributed by atoms with Gasteiger partial charge in [0, 0.05) is 22.6 Å². The van der Waals surface area contributed by atoms with Gasteiger partial charge in [-0.3, -0.25) is 9.69 Å². The van der Waals surface area contributed by atoms with Crippen LogP contribution in [0.5, 0.6) is 11.5 Å². The second-order valence-corrected chi connectivity index (χ2v) is 9.23. The number of hydrogen-bond acceptors (Lipinski definition) is 6. The molecule has 3 rings (SSSR count). The summed E-state index contributed by atoms with van der Waals surface area (Å²) in [6, 6.07) is 10.0. The van der Waals surface area contributed by atoms with Crippen LogP contribution in [0.1, 0.15) is 12.5 Å². The number of aromatic hydroxyl groups is 2. The summed E-state index contributed by atoms with van der Waals surface area (Å²) in [5.74, 6) is -0.718. The van der Waals surface area contributed by atoms with Gasteiger partial charge in [0.15, 0.2) is 5.17 Å². The lowest BCUT2D eigenvalue weighted by atomic mass is 10.1. The van der Waals surface area contributed by atoms with Crippen LogP contribution < -0.4 is 0 Å². The van der Waals surface area contributed by atoms with Crippen molar-refractivity contribution >= 4 is 54.9 Å². The Labute approximate surface area is 174 Å². The topological polar surface area (TPSA) is 107 Å². The van der Waals surface area contributed by atoms with Crippen LogP contribution in [0.3, 0.4) is 0 Å². The number of sulfonamides is 1. The van der Waals surface area contributed by atoms with E-state index in [4.69, 9.17) is 0 Å². The van der Waals surface area contributed by atoms with Crippen LogP contribution in [-0.4, -0.2) is 41.2 Å². The SMILES string of the molecule is CCN1C(=O)C(=Cc2ccc(O)cc2O)SC1=NS(=O)(=O)c1ccc(Br)cc1. The summed E-state index contributed by atoms with van der Waals surface area (Å²) in [5, 5.41) is 19.3. The van der Waals surface area contributed by atoms with E-state index in [1.54, 1.807) is 19.1 Å². The van der Waals surface area contributed by atoms with Crippen molar-refractivity contribution in [3.8, 4) is 11.5 Å². The summed E-state index contributed by atoms with van der Waals surface area (Å²) >= 11 is 4.16. The van der Waals surface area contributed by atoms with Crippen LogP contribution in [0.15, 0.2) is 61.1 Å². The molecule has 2 aromatic carbocycles. The Hall–Kier alpha value is -2.30. The molecule has 1 amide bonds. The second-order valence-electron chi connectivity index (χ2n) is 5.71. The first kappa shape index (κ1) is 20.4. The molecule has 0 unspecified atom stereocenters. The lowest BCUT2D eigenvalue weighted by Crippen LogP contribution is -2.29. The number of phenols is 2. The van der Waals surface area contributed by atoms with Crippen molar-refractivity contribution in [3.63, 3.8) is 0 Å². The third-order valence-corrected chi connectivity index (χ3v) is 6.75. The Balaban J connectivity index is 1.98. The number of nitrogens with zero attached hydrogens (tertiary/aromatic N) is 2. The predicted octanol–water partition coefficient (Wildman–Crippen LogP) is 3.54. The summed E-state index contributed by atoms with van der Waals surface area (Å²) in [6.07, 6.45) is 1.43. The molecule has 1 heterocycles. The molecule has 2 N–H and O–H groups in total. The Kier molecular flexibility index (Phi) is 5.82. The molecule has 0 atom stereocenters. The van der Waals surface area contributed by atoms with E-state index in [1.807, 2.05) is 0 Å². The molecular weight excluding hydrogens is 468 g/mol. The van der Waals surface area contributed by atoms with Crippen LogP contribution in [0.4, 0.5) is 0 Å². The molecular formula is C18H15BrN2O5S2. The van der Waals surface area contributed by atoms with E-state index in [2.05, 4.69) is 20.3 Å². The lowest BCUT2D eigenvalue weighted by molar-refractivity contribution is -0.122. The van der Waals surface area contributed by atoms with Gasteiger partial charge in [-0.25, -0.2) is 0 Å². The van der Waals surface area contributed by atoms with Gasteiger partial charge in [-0.2, -0.15) is 8.42 Å². The molecule has 0 radical (unpaired) electrons. The van der Waals surface area contributed by atoms with E-state index < -0.39 is 15.9 Å². The van der Waals surface area contributed by atoms with Gasteiger partial charge in [0.1, 0.15) is 11.5 Å². The molecule has 0 aliphatic carbocycles. The molecule has 0 spiro atoms. The van der Waals surface area contributed by atoms with Crippen LogP contribution in [0.25, 0.3) is 6.08 Å². The molecule has 0 aromatic heterocycles. The molecule has 1 aliphatic heterocycles. The van der Waals surface area contributed by atoms with Gasteiger partial charge in [0.25, 0.3) is 15.9 Å². The minimum absolute atomic E-state index is 0.0147. The largest absolute Gasteiger partial charge is 0.508 e. The van der Waals surface area contributed by atoms with E-state index in [0.717, 1.165) is 22.3 Å². The second kappa shape index (κ2) is 7.98. The molecule has 1 fully saturated rings. The molecule has 1 aliphatic rings. The maximum absolute atomic E-state index is 12.6. The van der Waals surface area contributed by atoms with E-state index in [9.17, 15) is 23.4 Å². The lowest BCUT2D eigenvalue weighted by Gasteiger charge is -2.11. The number of phenolic OH excluding ortho intramolecular Hbond substituents is 2. The van der Waals surface area contributed by atoms with Crippen LogP contribution in [-0.2, 0) is 14.8 Å². The van der Waals surface area contributed by atoms with Crippen molar-refractivity contribution in [3.05, 3.63) is 57.4 Å². The highest BCUT2D eigenvalue weighted by atomic mass is 79.9. The standard InChI is InChI=1S/C18H15BrN2O5S2/c1-2-21-17(24)16(9-11-3-6-13(22)10-15(11)23)27-18(21)20-28(25,26)14-7-4-12(19)5-8-14/h3-10,22-23H,2H2,1H3. The Morgan fingerprint density at radius 1 is 1.18 bits per heavy atom. The van der Waals surface area contributed by atoms with Crippen molar-refractivity contribution in [1.29, 1.82) is 0 Å². The number of thioether (sulfide) groups is 1. The highest BCUT2D eigenvalue weighted by molar-refractivity contribution is 9.10. The van der Waals surface area contributed by atoms with Crippen molar-refractivity contribution in [1.82, 2.24) is 4.90 Å². The summed E-state index contributed by atoms with van der Waals surface area (Å²) < 4.78 is 29.7. The number of rotatable bonds is 4. The molecule has 2 aromatic rings. The molecule has 0 saturated carbocycles.